The van der Waals surface area contributed by atoms with Gasteiger partial charge in [-0.25, -0.2) is 4.39 Å². The van der Waals surface area contributed by atoms with Crippen molar-refractivity contribution >= 4 is 11.8 Å². The molecule has 1 aromatic rings. The fraction of sp³-hybridized carbons (Fsp3) is 0.500. The second kappa shape index (κ2) is 7.89. The first-order valence-electron chi connectivity index (χ1n) is 7.60. The quantitative estimate of drug-likeness (QED) is 0.840. The van der Waals surface area contributed by atoms with Gasteiger partial charge in [0.2, 0.25) is 11.8 Å². The van der Waals surface area contributed by atoms with Crippen LogP contribution < -0.4 is 11.1 Å². The van der Waals surface area contributed by atoms with Crippen molar-refractivity contribution in [2.24, 2.45) is 11.7 Å². The summed E-state index contributed by atoms with van der Waals surface area (Å²) in [5, 5.41) is 2.77. The zero-order valence-corrected chi connectivity index (χ0v) is 12.6. The van der Waals surface area contributed by atoms with Crippen molar-refractivity contribution < 1.29 is 14.0 Å². The number of benzene rings is 1. The Balaban J connectivity index is 1.91. The summed E-state index contributed by atoms with van der Waals surface area (Å²) in [6.45, 7) is 1.92. The fourth-order valence-electron chi connectivity index (χ4n) is 2.69. The number of carbonyl (C=O) groups excluding carboxylic acids is 2. The highest BCUT2D eigenvalue weighted by Gasteiger charge is 2.28. The maximum Gasteiger partial charge on any atom is 0.227 e. The molecule has 1 aromatic carbocycles. The molecule has 0 saturated carbocycles. The topological polar surface area (TPSA) is 75.4 Å². The van der Waals surface area contributed by atoms with Gasteiger partial charge in [0.05, 0.1) is 12.3 Å². The number of likely N-dealkylation sites (tertiary alicyclic amines) is 1. The lowest BCUT2D eigenvalue weighted by molar-refractivity contribution is -0.135. The molecule has 3 N–H and O–H groups in total. The number of rotatable bonds is 5. The number of hydrogen-bond donors (Lipinski definition) is 2. The van der Waals surface area contributed by atoms with Crippen molar-refractivity contribution in [1.82, 2.24) is 10.2 Å². The van der Waals surface area contributed by atoms with Crippen LogP contribution in [0.2, 0.25) is 0 Å². The van der Waals surface area contributed by atoms with Gasteiger partial charge in [0.1, 0.15) is 5.82 Å². The number of amides is 2. The Kier molecular flexibility index (Phi) is 5.89. The van der Waals surface area contributed by atoms with Crippen molar-refractivity contribution in [2.75, 3.05) is 26.2 Å². The smallest absolute Gasteiger partial charge is 0.227 e. The normalized spacial score (nSPS) is 18.1. The van der Waals surface area contributed by atoms with Crippen molar-refractivity contribution in [3.8, 4) is 0 Å². The van der Waals surface area contributed by atoms with Gasteiger partial charge in [-0.05, 0) is 30.5 Å². The molecule has 1 saturated heterocycles. The van der Waals surface area contributed by atoms with Gasteiger partial charge in [-0.15, -0.1) is 0 Å². The van der Waals surface area contributed by atoms with Gasteiger partial charge < -0.3 is 16.0 Å². The third-order valence-corrected chi connectivity index (χ3v) is 3.83. The second-order valence-corrected chi connectivity index (χ2v) is 5.57. The number of nitrogens with one attached hydrogen (secondary N) is 1. The summed E-state index contributed by atoms with van der Waals surface area (Å²) in [5.41, 5.74) is 6.02. The highest BCUT2D eigenvalue weighted by molar-refractivity contribution is 5.82. The maximum absolute atomic E-state index is 13.2. The first-order chi connectivity index (χ1) is 10.6. The second-order valence-electron chi connectivity index (χ2n) is 5.57. The standard InChI is InChI=1S/C16H22FN3O2/c17-14-5-1-3-12(9-14)10-15(21)20-8-2-4-13(11-20)16(22)19-7-6-18/h1,3,5,9,13H,2,4,6-8,10-11,18H2,(H,19,22). The van der Waals surface area contributed by atoms with Crippen molar-refractivity contribution in [3.05, 3.63) is 35.6 Å². The lowest BCUT2D eigenvalue weighted by atomic mass is 9.96. The average Bonchev–Trinajstić information content (AvgIpc) is 2.52. The molecule has 1 fully saturated rings. The van der Waals surface area contributed by atoms with Crippen molar-refractivity contribution in [3.63, 3.8) is 0 Å². The Morgan fingerprint density at radius 3 is 2.95 bits per heavy atom. The number of carbonyl (C=O) groups is 2. The average molecular weight is 307 g/mol. The van der Waals surface area contributed by atoms with Gasteiger partial charge in [0, 0.05) is 26.2 Å². The van der Waals surface area contributed by atoms with Crippen LogP contribution in [-0.2, 0) is 16.0 Å². The molecule has 120 valence electrons. The lowest BCUT2D eigenvalue weighted by Gasteiger charge is -2.32. The van der Waals surface area contributed by atoms with Crippen LogP contribution in [0.15, 0.2) is 24.3 Å². The maximum atomic E-state index is 13.2. The Hall–Kier alpha value is -1.95. The predicted molar refractivity (Wildman–Crippen MR) is 81.5 cm³/mol. The highest BCUT2D eigenvalue weighted by Crippen LogP contribution is 2.18. The summed E-state index contributed by atoms with van der Waals surface area (Å²) < 4.78 is 13.2. The summed E-state index contributed by atoms with van der Waals surface area (Å²) in [5.74, 6) is -0.643. The molecule has 2 rings (SSSR count). The minimum absolute atomic E-state index is 0.0475. The fourth-order valence-corrected chi connectivity index (χ4v) is 2.69. The molecule has 1 unspecified atom stereocenters. The van der Waals surface area contributed by atoms with E-state index in [0.29, 0.717) is 31.7 Å². The number of hydrogen-bond acceptors (Lipinski definition) is 3. The summed E-state index contributed by atoms with van der Waals surface area (Å²) in [6, 6.07) is 6.05. The van der Waals surface area contributed by atoms with Crippen LogP contribution in [0.3, 0.4) is 0 Å². The van der Waals surface area contributed by atoms with Crippen LogP contribution in [0.25, 0.3) is 0 Å². The molecule has 5 nitrogen and oxygen atoms in total. The van der Waals surface area contributed by atoms with E-state index in [0.717, 1.165) is 12.8 Å². The van der Waals surface area contributed by atoms with Gasteiger partial charge in [0.25, 0.3) is 0 Å². The van der Waals surface area contributed by atoms with Gasteiger partial charge in [-0.3, -0.25) is 9.59 Å². The molecule has 22 heavy (non-hydrogen) atoms. The van der Waals surface area contributed by atoms with E-state index in [4.69, 9.17) is 5.73 Å². The van der Waals surface area contributed by atoms with Crippen LogP contribution in [0.1, 0.15) is 18.4 Å². The zero-order valence-electron chi connectivity index (χ0n) is 12.6. The van der Waals surface area contributed by atoms with Gasteiger partial charge in [0.15, 0.2) is 0 Å². The van der Waals surface area contributed by atoms with Gasteiger partial charge in [-0.1, -0.05) is 12.1 Å². The van der Waals surface area contributed by atoms with E-state index >= 15 is 0 Å². The van der Waals surface area contributed by atoms with E-state index < -0.39 is 0 Å². The summed E-state index contributed by atoms with van der Waals surface area (Å²) >= 11 is 0. The minimum atomic E-state index is -0.344. The van der Waals surface area contributed by atoms with Crippen LogP contribution in [0.5, 0.6) is 0 Å². The van der Waals surface area contributed by atoms with E-state index in [9.17, 15) is 14.0 Å². The van der Waals surface area contributed by atoms with E-state index in [1.807, 2.05) is 0 Å². The molecule has 1 aliphatic heterocycles. The van der Waals surface area contributed by atoms with Crippen LogP contribution in [0, 0.1) is 11.7 Å². The molecule has 0 spiro atoms. The molecule has 1 heterocycles. The van der Waals surface area contributed by atoms with E-state index in [1.54, 1.807) is 17.0 Å². The molecule has 0 aromatic heterocycles. The monoisotopic (exact) mass is 307 g/mol. The molecule has 2 amide bonds. The SMILES string of the molecule is NCCNC(=O)C1CCCN(C(=O)Cc2cccc(F)c2)C1. The first-order valence-corrected chi connectivity index (χ1v) is 7.60. The van der Waals surface area contributed by atoms with Crippen LogP contribution >= 0.6 is 0 Å². The number of halogens is 1. The Labute approximate surface area is 129 Å². The van der Waals surface area contributed by atoms with E-state index in [1.165, 1.54) is 12.1 Å². The first kappa shape index (κ1) is 16.4. The predicted octanol–water partition coefficient (Wildman–Crippen LogP) is 0.682. The van der Waals surface area contributed by atoms with Crippen molar-refractivity contribution in [1.29, 1.82) is 0 Å². The lowest BCUT2D eigenvalue weighted by Crippen LogP contribution is -2.46. The third kappa shape index (κ3) is 4.53. The molecule has 1 atom stereocenters. The number of nitrogens with two attached hydrogens (primary N) is 1. The van der Waals surface area contributed by atoms with Gasteiger partial charge >= 0.3 is 0 Å². The van der Waals surface area contributed by atoms with Crippen molar-refractivity contribution in [2.45, 2.75) is 19.3 Å². The molecule has 6 heteroatoms. The zero-order chi connectivity index (χ0) is 15.9. The molecular formula is C16H22FN3O2. The van der Waals surface area contributed by atoms with Gasteiger partial charge in [-0.2, -0.15) is 0 Å². The minimum Gasteiger partial charge on any atom is -0.355 e. The summed E-state index contributed by atoms with van der Waals surface area (Å²) in [7, 11) is 0. The number of nitrogens with zero attached hydrogens (tertiary/aromatic N) is 1. The van der Waals surface area contributed by atoms with Crippen LogP contribution in [0.4, 0.5) is 4.39 Å². The molecule has 0 bridgehead atoms. The summed E-state index contributed by atoms with van der Waals surface area (Å²) in [6.07, 6.45) is 1.74. The summed E-state index contributed by atoms with van der Waals surface area (Å²) in [4.78, 5) is 26.0. The third-order valence-electron chi connectivity index (χ3n) is 3.83. The Bertz CT molecular complexity index is 536. The molecular weight excluding hydrogens is 285 g/mol. The Morgan fingerprint density at radius 1 is 1.41 bits per heavy atom. The van der Waals surface area contributed by atoms with E-state index in [2.05, 4.69) is 5.32 Å². The highest BCUT2D eigenvalue weighted by atomic mass is 19.1. The molecule has 1 aliphatic rings. The molecule has 0 aliphatic carbocycles. The molecule has 0 radical (unpaired) electrons. The van der Waals surface area contributed by atoms with Crippen LogP contribution in [-0.4, -0.2) is 42.9 Å². The Morgan fingerprint density at radius 2 is 2.23 bits per heavy atom. The number of piperidine rings is 1. The van der Waals surface area contributed by atoms with E-state index in [-0.39, 0.29) is 30.0 Å². The largest absolute Gasteiger partial charge is 0.355 e.